The molecule has 3 heteroatoms. The molecular weight excluding hydrogens is 223 g/mol. The Morgan fingerprint density at radius 3 is 2.41 bits per heavy atom. The number of hydrogen-bond donors (Lipinski definition) is 0. The topological polar surface area (TPSA) is 26.3 Å². The first kappa shape index (κ1) is 16.7. The van der Waals surface area contributed by atoms with Crippen molar-refractivity contribution in [3.63, 3.8) is 0 Å². The van der Waals surface area contributed by atoms with Gasteiger partial charge in [-0.15, -0.1) is 0 Å². The molecule has 90 valence electrons. The maximum atomic E-state index is 11.8. The van der Waals surface area contributed by atoms with Gasteiger partial charge in [0.15, 0.2) is 0 Å². The van der Waals surface area contributed by atoms with Crippen LogP contribution in [0.5, 0.6) is 5.75 Å². The van der Waals surface area contributed by atoms with Crippen molar-refractivity contribution in [2.24, 2.45) is 5.92 Å². The Labute approximate surface area is 126 Å². The minimum atomic E-state index is -0.0952. The Balaban J connectivity index is 0.00000256. The molecule has 1 aromatic carbocycles. The summed E-state index contributed by atoms with van der Waals surface area (Å²) in [6.45, 7) is 4.17. The summed E-state index contributed by atoms with van der Waals surface area (Å²) in [5.74, 6) is 0.588. The third-order valence-corrected chi connectivity index (χ3v) is 2.69. The molecule has 0 amide bonds. The van der Waals surface area contributed by atoms with Gasteiger partial charge in [-0.05, 0) is 25.0 Å². The molecule has 0 bridgehead atoms. The molecule has 1 unspecified atom stereocenters. The van der Waals surface area contributed by atoms with Crippen LogP contribution in [0.4, 0.5) is 0 Å². The van der Waals surface area contributed by atoms with Gasteiger partial charge in [0.1, 0.15) is 5.75 Å². The number of ether oxygens (including phenoxy) is 1. The summed E-state index contributed by atoms with van der Waals surface area (Å²) in [6, 6.07) is 9.27. The van der Waals surface area contributed by atoms with E-state index >= 15 is 0 Å². The van der Waals surface area contributed by atoms with Crippen molar-refractivity contribution in [2.45, 2.75) is 39.5 Å². The van der Waals surface area contributed by atoms with Gasteiger partial charge in [-0.3, -0.25) is 4.79 Å². The average molecular weight is 244 g/mol. The third-order valence-electron chi connectivity index (χ3n) is 2.69. The molecule has 0 radical (unpaired) electrons. The number of unbranched alkanes of at least 4 members (excludes halogenated alkanes) is 1. The van der Waals surface area contributed by atoms with Gasteiger partial charge in [0.25, 0.3) is 0 Å². The first-order valence-electron chi connectivity index (χ1n) is 6.04. The van der Waals surface area contributed by atoms with E-state index in [4.69, 9.17) is 4.74 Å². The van der Waals surface area contributed by atoms with Crippen molar-refractivity contribution in [2.75, 3.05) is 0 Å². The average Bonchev–Trinajstić information content (AvgIpc) is 2.31. The molecule has 1 rings (SSSR count). The summed E-state index contributed by atoms with van der Waals surface area (Å²) in [5.41, 5.74) is 0. The minimum absolute atomic E-state index is 0. The predicted molar refractivity (Wildman–Crippen MR) is 72.5 cm³/mol. The molecule has 0 aliphatic rings. The molecule has 2 nitrogen and oxygen atoms in total. The number of carbonyl (C=O) groups is 1. The Morgan fingerprint density at radius 1 is 1.24 bits per heavy atom. The molecule has 0 saturated heterocycles. The van der Waals surface area contributed by atoms with Crippen LogP contribution in [0.1, 0.15) is 39.5 Å². The molecule has 1 aromatic rings. The number of para-hydroxylation sites is 1. The molecule has 1 atom stereocenters. The van der Waals surface area contributed by atoms with Crippen LogP contribution in [0, 0.1) is 5.92 Å². The molecule has 0 saturated carbocycles. The van der Waals surface area contributed by atoms with E-state index < -0.39 is 0 Å². The van der Waals surface area contributed by atoms with Crippen LogP contribution in [0.3, 0.4) is 0 Å². The normalized spacial score (nSPS) is 11.4. The number of esters is 1. The molecule has 0 N–H and O–H groups in total. The monoisotopic (exact) mass is 244 g/mol. The first-order chi connectivity index (χ1) is 7.77. The summed E-state index contributed by atoms with van der Waals surface area (Å²) in [7, 11) is 0. The molecule has 0 aliphatic heterocycles. The zero-order chi connectivity index (χ0) is 11.8. The van der Waals surface area contributed by atoms with E-state index in [0.29, 0.717) is 5.75 Å². The van der Waals surface area contributed by atoms with Gasteiger partial charge in [-0.1, -0.05) is 44.9 Å². The summed E-state index contributed by atoms with van der Waals surface area (Å²) < 4.78 is 5.33. The van der Waals surface area contributed by atoms with E-state index in [-0.39, 0.29) is 41.4 Å². The number of benzene rings is 1. The van der Waals surface area contributed by atoms with E-state index in [1.54, 1.807) is 0 Å². The van der Waals surface area contributed by atoms with Crippen molar-refractivity contribution >= 4 is 35.5 Å². The Morgan fingerprint density at radius 2 is 1.88 bits per heavy atom. The fraction of sp³-hybridized carbons (Fsp3) is 0.500. The van der Waals surface area contributed by atoms with E-state index in [1.807, 2.05) is 37.3 Å². The third kappa shape index (κ3) is 6.25. The second-order valence-electron chi connectivity index (χ2n) is 3.98. The fourth-order valence-corrected chi connectivity index (χ4v) is 1.63. The molecule has 0 fully saturated rings. The molecule has 0 aliphatic carbocycles. The fourth-order valence-electron chi connectivity index (χ4n) is 1.63. The van der Waals surface area contributed by atoms with Gasteiger partial charge in [-0.25, -0.2) is 0 Å². The first-order valence-corrected chi connectivity index (χ1v) is 6.04. The van der Waals surface area contributed by atoms with Crippen molar-refractivity contribution < 1.29 is 9.53 Å². The van der Waals surface area contributed by atoms with E-state index in [9.17, 15) is 4.79 Å². The van der Waals surface area contributed by atoms with Crippen molar-refractivity contribution in [3.05, 3.63) is 30.3 Å². The van der Waals surface area contributed by atoms with E-state index in [1.165, 1.54) is 0 Å². The number of hydrogen-bond acceptors (Lipinski definition) is 2. The zero-order valence-electron chi connectivity index (χ0n) is 10.1. The van der Waals surface area contributed by atoms with Crippen LogP contribution in [0.15, 0.2) is 30.3 Å². The maximum absolute atomic E-state index is 11.8. The standard InChI is InChI=1S/C14H20O2.Na.H/c1-3-5-9-12(4-2)14(15)16-13-10-7-6-8-11-13;;/h6-8,10-12H,3-5,9H2,1-2H3;;. The SMILES string of the molecule is CCCCC(CC)C(=O)Oc1ccccc1.[NaH]. The molecule has 0 spiro atoms. The van der Waals surface area contributed by atoms with Crippen LogP contribution in [-0.4, -0.2) is 35.5 Å². The summed E-state index contributed by atoms with van der Waals surface area (Å²) in [4.78, 5) is 11.8. The van der Waals surface area contributed by atoms with Crippen molar-refractivity contribution in [3.8, 4) is 5.75 Å². The Kier molecular flexibility index (Phi) is 9.52. The van der Waals surface area contributed by atoms with Gasteiger partial charge in [0.05, 0.1) is 5.92 Å². The van der Waals surface area contributed by atoms with E-state index in [2.05, 4.69) is 6.92 Å². The van der Waals surface area contributed by atoms with Gasteiger partial charge in [0.2, 0.25) is 0 Å². The second kappa shape index (κ2) is 9.69. The van der Waals surface area contributed by atoms with Gasteiger partial charge in [0, 0.05) is 0 Å². The van der Waals surface area contributed by atoms with Crippen molar-refractivity contribution in [1.82, 2.24) is 0 Å². The predicted octanol–water partition coefficient (Wildman–Crippen LogP) is 3.16. The zero-order valence-corrected chi connectivity index (χ0v) is 10.1. The molecular formula is C14H21NaO2. The van der Waals surface area contributed by atoms with Crippen LogP contribution >= 0.6 is 0 Å². The van der Waals surface area contributed by atoms with Crippen LogP contribution in [0.2, 0.25) is 0 Å². The van der Waals surface area contributed by atoms with Crippen LogP contribution in [-0.2, 0) is 4.79 Å². The number of carbonyl (C=O) groups excluding carboxylic acids is 1. The number of rotatable bonds is 6. The molecule has 17 heavy (non-hydrogen) atoms. The van der Waals surface area contributed by atoms with Crippen LogP contribution < -0.4 is 4.74 Å². The van der Waals surface area contributed by atoms with Gasteiger partial charge in [-0.2, -0.15) is 0 Å². The van der Waals surface area contributed by atoms with Gasteiger partial charge < -0.3 is 4.74 Å². The summed E-state index contributed by atoms with van der Waals surface area (Å²) in [6.07, 6.45) is 3.99. The molecule has 0 heterocycles. The summed E-state index contributed by atoms with van der Waals surface area (Å²) >= 11 is 0. The van der Waals surface area contributed by atoms with Crippen LogP contribution in [0.25, 0.3) is 0 Å². The Hall–Kier alpha value is -0.310. The molecule has 0 aromatic heterocycles. The van der Waals surface area contributed by atoms with Gasteiger partial charge >= 0.3 is 35.5 Å². The quantitative estimate of drug-likeness (QED) is 0.436. The Bertz CT molecular complexity index is 311. The second-order valence-corrected chi connectivity index (χ2v) is 3.98. The van der Waals surface area contributed by atoms with Crippen molar-refractivity contribution in [1.29, 1.82) is 0 Å². The van der Waals surface area contributed by atoms with E-state index in [0.717, 1.165) is 25.7 Å². The summed E-state index contributed by atoms with van der Waals surface area (Å²) in [5, 5.41) is 0.